The number of allylic oxidation sites excluding steroid dienone is 1. The van der Waals surface area contributed by atoms with Gasteiger partial charge in [-0.1, -0.05) is 6.08 Å². The van der Waals surface area contributed by atoms with Gasteiger partial charge >= 0.3 is 0 Å². The Bertz CT molecular complexity index is 186. The molecule has 54 valence electrons. The molecule has 0 saturated carbocycles. The molecule has 1 unspecified atom stereocenters. The molecule has 2 aliphatic heterocycles. The fraction of sp³-hybridized carbons (Fsp3) is 0.625. The van der Waals surface area contributed by atoms with Gasteiger partial charge in [0.05, 0.1) is 0 Å². The third-order valence-electron chi connectivity index (χ3n) is 2.32. The number of rotatable bonds is 0. The van der Waals surface area contributed by atoms with Crippen molar-refractivity contribution in [1.29, 1.82) is 0 Å². The number of hydrogen-bond acceptors (Lipinski definition) is 1. The van der Waals surface area contributed by atoms with Crippen LogP contribution < -0.4 is 0 Å². The summed E-state index contributed by atoms with van der Waals surface area (Å²) in [6, 6.07) is 0. The molecule has 0 N–H and O–H groups in total. The molecule has 2 nitrogen and oxygen atoms in total. The highest BCUT2D eigenvalue weighted by molar-refractivity contribution is 5.82. The van der Waals surface area contributed by atoms with Crippen molar-refractivity contribution in [2.75, 3.05) is 6.54 Å². The molecule has 0 aromatic rings. The van der Waals surface area contributed by atoms with E-state index in [-0.39, 0.29) is 0 Å². The van der Waals surface area contributed by atoms with E-state index in [4.69, 9.17) is 0 Å². The average Bonchev–Trinajstić information content (AvgIpc) is 2.06. The second kappa shape index (κ2) is 2.11. The number of nitrogens with zero attached hydrogens (tertiary/aromatic N) is 1. The Hall–Kier alpha value is -0.790. The molecule has 1 fully saturated rings. The lowest BCUT2D eigenvalue weighted by atomic mass is 10.0. The van der Waals surface area contributed by atoms with Crippen LogP contribution in [0.25, 0.3) is 0 Å². The van der Waals surface area contributed by atoms with Crippen molar-refractivity contribution in [3.8, 4) is 0 Å². The van der Waals surface area contributed by atoms with Crippen molar-refractivity contribution in [1.82, 2.24) is 4.90 Å². The third-order valence-corrected chi connectivity index (χ3v) is 2.32. The maximum atomic E-state index is 11.3. The molecule has 1 amide bonds. The molecule has 0 aromatic heterocycles. The Morgan fingerprint density at radius 2 is 2.40 bits per heavy atom. The highest BCUT2D eigenvalue weighted by Crippen LogP contribution is 2.25. The quantitative estimate of drug-likeness (QED) is 0.490. The second-order valence-electron chi connectivity index (χ2n) is 2.98. The summed E-state index contributed by atoms with van der Waals surface area (Å²) in [4.78, 5) is 13.1. The van der Waals surface area contributed by atoms with Gasteiger partial charge in [-0.2, -0.15) is 0 Å². The van der Waals surface area contributed by atoms with Crippen molar-refractivity contribution in [3.63, 3.8) is 0 Å². The van der Waals surface area contributed by atoms with Crippen LogP contribution in [0.15, 0.2) is 12.3 Å². The Labute approximate surface area is 60.5 Å². The van der Waals surface area contributed by atoms with Crippen LogP contribution in [0.1, 0.15) is 19.3 Å². The topological polar surface area (TPSA) is 20.3 Å². The Morgan fingerprint density at radius 1 is 1.50 bits per heavy atom. The van der Waals surface area contributed by atoms with Gasteiger partial charge in [0.15, 0.2) is 0 Å². The highest BCUT2D eigenvalue weighted by Gasteiger charge is 2.30. The minimum absolute atomic E-state index is 0.341. The van der Waals surface area contributed by atoms with E-state index in [2.05, 4.69) is 6.08 Å². The van der Waals surface area contributed by atoms with E-state index in [1.54, 1.807) is 0 Å². The molecule has 1 saturated heterocycles. The zero-order valence-electron chi connectivity index (χ0n) is 5.92. The van der Waals surface area contributed by atoms with Gasteiger partial charge in [-0.25, -0.2) is 0 Å². The maximum absolute atomic E-state index is 11.3. The largest absolute Gasteiger partial charge is 0.319 e. The minimum atomic E-state index is 0.341. The monoisotopic (exact) mass is 137 g/mol. The van der Waals surface area contributed by atoms with Crippen LogP contribution in [-0.4, -0.2) is 17.4 Å². The summed E-state index contributed by atoms with van der Waals surface area (Å²) in [6.45, 7) is 0.944. The van der Waals surface area contributed by atoms with Crippen LogP contribution in [0.3, 0.4) is 0 Å². The Kier molecular flexibility index (Phi) is 1.26. The van der Waals surface area contributed by atoms with E-state index >= 15 is 0 Å². The molecule has 0 radical (unpaired) electrons. The number of fused-ring (bicyclic) bond motifs is 2. The normalized spacial score (nSPS) is 31.0. The first-order valence-electron chi connectivity index (χ1n) is 3.85. The van der Waals surface area contributed by atoms with Gasteiger partial charge in [0, 0.05) is 18.7 Å². The Morgan fingerprint density at radius 3 is 3.30 bits per heavy atom. The molecule has 0 aliphatic carbocycles. The fourth-order valence-corrected chi connectivity index (χ4v) is 1.68. The molecule has 2 rings (SSSR count). The smallest absolute Gasteiger partial charge is 0.229 e. The second-order valence-corrected chi connectivity index (χ2v) is 2.98. The van der Waals surface area contributed by atoms with Gasteiger partial charge < -0.3 is 4.90 Å². The molecular formula is C8H11NO. The van der Waals surface area contributed by atoms with Crippen LogP contribution in [0.2, 0.25) is 0 Å². The van der Waals surface area contributed by atoms with E-state index in [0.717, 1.165) is 25.8 Å². The van der Waals surface area contributed by atoms with E-state index in [1.165, 1.54) is 0 Å². The Balaban J connectivity index is 2.25. The number of amides is 1. The van der Waals surface area contributed by atoms with Crippen LogP contribution in [0.4, 0.5) is 0 Å². The molecule has 2 heterocycles. The molecule has 0 aromatic carbocycles. The lowest BCUT2D eigenvalue weighted by molar-refractivity contribution is -0.128. The van der Waals surface area contributed by atoms with Gasteiger partial charge in [0.2, 0.25) is 5.91 Å². The summed E-state index contributed by atoms with van der Waals surface area (Å²) < 4.78 is 0. The van der Waals surface area contributed by atoms with Crippen LogP contribution in [-0.2, 0) is 4.79 Å². The summed E-state index contributed by atoms with van der Waals surface area (Å²) in [5.74, 6) is 0.684. The third kappa shape index (κ3) is 0.753. The molecule has 2 heteroatoms. The molecule has 1 atom stereocenters. The van der Waals surface area contributed by atoms with E-state index in [0.29, 0.717) is 11.8 Å². The summed E-state index contributed by atoms with van der Waals surface area (Å²) in [7, 11) is 0. The summed E-state index contributed by atoms with van der Waals surface area (Å²) >= 11 is 0. The summed E-state index contributed by atoms with van der Waals surface area (Å²) in [5.41, 5.74) is 0. The van der Waals surface area contributed by atoms with E-state index in [1.807, 2.05) is 11.1 Å². The minimum Gasteiger partial charge on any atom is -0.319 e. The van der Waals surface area contributed by atoms with Crippen LogP contribution in [0.5, 0.6) is 0 Å². The molecular weight excluding hydrogens is 126 g/mol. The SMILES string of the molecule is O=C1C2CCC=CN1CC2. The summed E-state index contributed by atoms with van der Waals surface area (Å²) in [5, 5.41) is 0. The maximum Gasteiger partial charge on any atom is 0.229 e. The van der Waals surface area contributed by atoms with E-state index < -0.39 is 0 Å². The lowest BCUT2D eigenvalue weighted by Crippen LogP contribution is -2.20. The predicted octanol–water partition coefficient (Wildman–Crippen LogP) is 1.14. The van der Waals surface area contributed by atoms with Gasteiger partial charge in [0.1, 0.15) is 0 Å². The number of carbonyl (C=O) groups is 1. The van der Waals surface area contributed by atoms with Crippen LogP contribution in [0, 0.1) is 5.92 Å². The van der Waals surface area contributed by atoms with Crippen molar-refractivity contribution >= 4 is 5.91 Å². The lowest BCUT2D eigenvalue weighted by Gasteiger charge is -2.06. The standard InChI is InChI=1S/C8H11NO/c10-8-7-3-1-2-5-9(8)6-4-7/h2,5,7H,1,3-4,6H2. The fourth-order valence-electron chi connectivity index (χ4n) is 1.68. The molecule has 10 heavy (non-hydrogen) atoms. The van der Waals surface area contributed by atoms with Crippen molar-refractivity contribution in [3.05, 3.63) is 12.3 Å². The van der Waals surface area contributed by atoms with Crippen LogP contribution >= 0.6 is 0 Å². The van der Waals surface area contributed by atoms with Gasteiger partial charge in [-0.15, -0.1) is 0 Å². The van der Waals surface area contributed by atoms with Gasteiger partial charge in [0.25, 0.3) is 0 Å². The summed E-state index contributed by atoms with van der Waals surface area (Å²) in [6.07, 6.45) is 7.24. The first-order valence-corrected chi connectivity index (χ1v) is 3.85. The first kappa shape index (κ1) is 5.96. The first-order chi connectivity index (χ1) is 4.88. The van der Waals surface area contributed by atoms with Crippen molar-refractivity contribution in [2.24, 2.45) is 5.92 Å². The van der Waals surface area contributed by atoms with E-state index in [9.17, 15) is 4.79 Å². The number of carbonyl (C=O) groups excluding carboxylic acids is 1. The van der Waals surface area contributed by atoms with Gasteiger partial charge in [-0.3, -0.25) is 4.79 Å². The molecule has 2 bridgehead atoms. The highest BCUT2D eigenvalue weighted by atomic mass is 16.2. The van der Waals surface area contributed by atoms with Crippen molar-refractivity contribution in [2.45, 2.75) is 19.3 Å². The zero-order chi connectivity index (χ0) is 6.97. The van der Waals surface area contributed by atoms with Crippen molar-refractivity contribution < 1.29 is 4.79 Å². The number of hydrogen-bond donors (Lipinski definition) is 0. The predicted molar refractivity (Wildman–Crippen MR) is 38.2 cm³/mol. The zero-order valence-corrected chi connectivity index (χ0v) is 5.92. The van der Waals surface area contributed by atoms with Gasteiger partial charge in [-0.05, 0) is 19.3 Å². The average molecular weight is 137 g/mol. The molecule has 2 aliphatic rings. The molecule has 0 spiro atoms.